The van der Waals surface area contributed by atoms with Gasteiger partial charge in [-0.3, -0.25) is 0 Å². The second-order valence-electron chi connectivity index (χ2n) is 3.03. The maximum atomic E-state index is 8.61. The zero-order valence-corrected chi connectivity index (χ0v) is 6.35. The number of hydrogen-bond donors (Lipinski definition) is 1. The van der Waals surface area contributed by atoms with E-state index in [-0.39, 0.29) is 11.6 Å². The average Bonchev–Trinajstić information content (AvgIpc) is 1.87. The van der Waals surface area contributed by atoms with Gasteiger partial charge in [-0.15, -0.1) is 0 Å². The van der Waals surface area contributed by atoms with Crippen LogP contribution in [0.4, 0.5) is 0 Å². The molecule has 56 valence electrons. The Kier molecular flexibility index (Phi) is 1.93. The molecule has 1 unspecified atom stereocenters. The Balaban J connectivity index is 2.62. The monoisotopic (exact) mass is 140 g/mol. The smallest absolute Gasteiger partial charge is 0.161 e. The van der Waals surface area contributed by atoms with Crippen molar-refractivity contribution in [3.05, 3.63) is 0 Å². The molecule has 1 heterocycles. The molecule has 0 saturated carbocycles. The molecule has 0 spiro atoms. The lowest BCUT2D eigenvalue weighted by atomic mass is 9.97. The first-order valence-electron chi connectivity index (χ1n) is 3.43. The van der Waals surface area contributed by atoms with Gasteiger partial charge in [-0.25, -0.2) is 0 Å². The van der Waals surface area contributed by atoms with Crippen LogP contribution in [0.1, 0.15) is 13.8 Å². The second-order valence-corrected chi connectivity index (χ2v) is 3.03. The first kappa shape index (κ1) is 7.52. The van der Waals surface area contributed by atoms with Gasteiger partial charge in [0.1, 0.15) is 0 Å². The number of nitrogens with zero attached hydrogens (tertiary/aromatic N) is 1. The fourth-order valence-electron chi connectivity index (χ4n) is 1.05. The van der Waals surface area contributed by atoms with Gasteiger partial charge in [-0.2, -0.15) is 5.26 Å². The van der Waals surface area contributed by atoms with Crippen molar-refractivity contribution < 1.29 is 4.74 Å². The van der Waals surface area contributed by atoms with Crippen LogP contribution in [0.3, 0.4) is 0 Å². The van der Waals surface area contributed by atoms with Crippen LogP contribution in [-0.4, -0.2) is 24.8 Å². The van der Waals surface area contributed by atoms with Gasteiger partial charge in [0.05, 0.1) is 18.2 Å². The van der Waals surface area contributed by atoms with E-state index in [2.05, 4.69) is 11.4 Å². The molecule has 1 N–H and O–H groups in total. The quantitative estimate of drug-likeness (QED) is 0.525. The minimum Gasteiger partial charge on any atom is -0.360 e. The van der Waals surface area contributed by atoms with E-state index in [1.807, 2.05) is 13.8 Å². The van der Waals surface area contributed by atoms with Gasteiger partial charge in [-0.1, -0.05) is 0 Å². The predicted octanol–water partition coefficient (Wildman–Crippen LogP) is 0.277. The maximum absolute atomic E-state index is 8.61. The molecule has 1 aliphatic rings. The van der Waals surface area contributed by atoms with E-state index in [9.17, 15) is 0 Å². The van der Waals surface area contributed by atoms with Crippen molar-refractivity contribution in [1.82, 2.24) is 5.32 Å². The third-order valence-electron chi connectivity index (χ3n) is 1.74. The summed E-state index contributed by atoms with van der Waals surface area (Å²) >= 11 is 0. The number of nitrogens with one attached hydrogen (secondary N) is 1. The lowest BCUT2D eigenvalue weighted by Crippen LogP contribution is -2.55. The Morgan fingerprint density at radius 1 is 1.70 bits per heavy atom. The molecule has 0 aromatic carbocycles. The Morgan fingerprint density at radius 2 is 2.40 bits per heavy atom. The van der Waals surface area contributed by atoms with Crippen molar-refractivity contribution in [2.24, 2.45) is 0 Å². The lowest BCUT2D eigenvalue weighted by molar-refractivity contribution is -0.00241. The number of morpholine rings is 1. The molecule has 3 heteroatoms. The third kappa shape index (κ3) is 1.28. The van der Waals surface area contributed by atoms with Crippen LogP contribution in [0.5, 0.6) is 0 Å². The molecule has 0 bridgehead atoms. The van der Waals surface area contributed by atoms with Crippen molar-refractivity contribution in [3.63, 3.8) is 0 Å². The second kappa shape index (κ2) is 2.57. The Bertz CT molecular complexity index is 159. The van der Waals surface area contributed by atoms with Crippen LogP contribution >= 0.6 is 0 Å². The van der Waals surface area contributed by atoms with Crippen LogP contribution < -0.4 is 5.32 Å². The minimum absolute atomic E-state index is 0.188. The summed E-state index contributed by atoms with van der Waals surface area (Å²) in [6.07, 6.45) is -0.304. The Labute approximate surface area is 61.0 Å². The highest BCUT2D eigenvalue weighted by Crippen LogP contribution is 2.14. The van der Waals surface area contributed by atoms with Crippen LogP contribution in [0.2, 0.25) is 0 Å². The topological polar surface area (TPSA) is 45.0 Å². The van der Waals surface area contributed by atoms with E-state index in [0.29, 0.717) is 6.61 Å². The van der Waals surface area contributed by atoms with Crippen molar-refractivity contribution in [1.29, 1.82) is 5.26 Å². The highest BCUT2D eigenvalue weighted by Gasteiger charge is 2.32. The summed E-state index contributed by atoms with van der Waals surface area (Å²) < 4.78 is 5.22. The molecule has 1 atom stereocenters. The molecule has 0 amide bonds. The Morgan fingerprint density at radius 3 is 2.80 bits per heavy atom. The van der Waals surface area contributed by atoms with E-state index >= 15 is 0 Å². The van der Waals surface area contributed by atoms with Gasteiger partial charge in [0, 0.05) is 6.54 Å². The predicted molar refractivity (Wildman–Crippen MR) is 37.4 cm³/mol. The van der Waals surface area contributed by atoms with E-state index in [4.69, 9.17) is 10.00 Å². The number of nitriles is 1. The van der Waals surface area contributed by atoms with Gasteiger partial charge < -0.3 is 10.1 Å². The van der Waals surface area contributed by atoms with E-state index in [1.165, 1.54) is 0 Å². The molecular formula is C7H12N2O. The highest BCUT2D eigenvalue weighted by atomic mass is 16.5. The summed E-state index contributed by atoms with van der Waals surface area (Å²) in [5, 5.41) is 11.8. The summed E-state index contributed by atoms with van der Waals surface area (Å²) in [6.45, 7) is 5.42. The summed E-state index contributed by atoms with van der Waals surface area (Å²) in [6, 6.07) is 2.11. The lowest BCUT2D eigenvalue weighted by Gasteiger charge is -2.35. The summed E-state index contributed by atoms with van der Waals surface area (Å²) in [7, 11) is 0. The van der Waals surface area contributed by atoms with Gasteiger partial charge in [-0.05, 0) is 13.8 Å². The van der Waals surface area contributed by atoms with Crippen LogP contribution in [0.15, 0.2) is 0 Å². The molecule has 0 aromatic heterocycles. The maximum Gasteiger partial charge on any atom is 0.161 e. The number of hydrogen-bond acceptors (Lipinski definition) is 3. The standard InChI is InChI=1S/C7H12N2O/c1-7(2)6(5-8)10-4-3-9-7/h6,9H,3-4H2,1-2H3. The minimum atomic E-state index is -0.304. The van der Waals surface area contributed by atoms with E-state index in [0.717, 1.165) is 6.54 Å². The van der Waals surface area contributed by atoms with Gasteiger partial charge >= 0.3 is 0 Å². The molecular weight excluding hydrogens is 128 g/mol. The zero-order valence-electron chi connectivity index (χ0n) is 6.35. The molecule has 1 aliphatic heterocycles. The normalized spacial score (nSPS) is 31.1. The van der Waals surface area contributed by atoms with E-state index in [1.54, 1.807) is 0 Å². The summed E-state index contributed by atoms with van der Waals surface area (Å²) in [4.78, 5) is 0. The van der Waals surface area contributed by atoms with E-state index < -0.39 is 0 Å². The highest BCUT2D eigenvalue weighted by molar-refractivity contribution is 5.02. The van der Waals surface area contributed by atoms with Gasteiger partial charge in [0.15, 0.2) is 6.10 Å². The molecule has 0 radical (unpaired) electrons. The first-order chi connectivity index (χ1) is 4.67. The van der Waals surface area contributed by atoms with Crippen LogP contribution in [0, 0.1) is 11.3 Å². The van der Waals surface area contributed by atoms with Crippen molar-refractivity contribution in [3.8, 4) is 6.07 Å². The number of ether oxygens (including phenoxy) is 1. The van der Waals surface area contributed by atoms with Crippen molar-refractivity contribution in [2.75, 3.05) is 13.2 Å². The molecule has 10 heavy (non-hydrogen) atoms. The fourth-order valence-corrected chi connectivity index (χ4v) is 1.05. The van der Waals surface area contributed by atoms with Gasteiger partial charge in [0.2, 0.25) is 0 Å². The Hall–Kier alpha value is -0.590. The fraction of sp³-hybridized carbons (Fsp3) is 0.857. The molecule has 1 fully saturated rings. The SMILES string of the molecule is CC1(C)NCCOC1C#N. The summed E-state index contributed by atoms with van der Waals surface area (Å²) in [5.41, 5.74) is -0.188. The largest absolute Gasteiger partial charge is 0.360 e. The zero-order chi connectivity index (χ0) is 7.61. The van der Waals surface area contributed by atoms with Gasteiger partial charge in [0.25, 0.3) is 0 Å². The van der Waals surface area contributed by atoms with Crippen LogP contribution in [-0.2, 0) is 4.74 Å². The average molecular weight is 140 g/mol. The van der Waals surface area contributed by atoms with Crippen molar-refractivity contribution in [2.45, 2.75) is 25.5 Å². The van der Waals surface area contributed by atoms with Crippen molar-refractivity contribution >= 4 is 0 Å². The molecule has 3 nitrogen and oxygen atoms in total. The first-order valence-corrected chi connectivity index (χ1v) is 3.43. The molecule has 0 aliphatic carbocycles. The molecule has 0 aromatic rings. The van der Waals surface area contributed by atoms with Crippen LogP contribution in [0.25, 0.3) is 0 Å². The molecule has 1 saturated heterocycles. The third-order valence-corrected chi connectivity index (χ3v) is 1.74. The molecule has 1 rings (SSSR count). The summed E-state index contributed by atoms with van der Waals surface area (Å²) in [5.74, 6) is 0. The number of rotatable bonds is 0.